The molecule has 0 amide bonds. The highest BCUT2D eigenvalue weighted by Gasteiger charge is 2.38. The lowest BCUT2D eigenvalue weighted by Gasteiger charge is -2.42. The standard InChI is InChI=1S/C10H17N3/c1-6-8(12-13-9(6)11)7-4-10(2,3)5-7/h7H,4-5H2,1-3H3,(H3,11,12,13). The van der Waals surface area contributed by atoms with Gasteiger partial charge in [0.1, 0.15) is 5.82 Å². The highest BCUT2D eigenvalue weighted by molar-refractivity contribution is 5.42. The van der Waals surface area contributed by atoms with Gasteiger partial charge < -0.3 is 5.73 Å². The minimum Gasteiger partial charge on any atom is -0.382 e. The van der Waals surface area contributed by atoms with Crippen molar-refractivity contribution >= 4 is 5.82 Å². The molecule has 0 spiro atoms. The molecule has 0 saturated heterocycles. The highest BCUT2D eigenvalue weighted by atomic mass is 15.2. The second-order valence-electron chi connectivity index (χ2n) is 4.92. The van der Waals surface area contributed by atoms with Crippen LogP contribution in [0, 0.1) is 12.3 Å². The Morgan fingerprint density at radius 2 is 2.08 bits per heavy atom. The van der Waals surface area contributed by atoms with Crippen LogP contribution in [-0.2, 0) is 0 Å². The molecule has 0 bridgehead atoms. The van der Waals surface area contributed by atoms with Gasteiger partial charge in [-0.3, -0.25) is 5.10 Å². The zero-order chi connectivity index (χ0) is 9.64. The average Bonchev–Trinajstić information content (AvgIpc) is 2.28. The molecule has 1 aromatic heterocycles. The minimum absolute atomic E-state index is 0.511. The number of hydrogen-bond acceptors (Lipinski definition) is 2. The molecule has 1 saturated carbocycles. The molecular formula is C10H17N3. The van der Waals surface area contributed by atoms with E-state index in [1.54, 1.807) is 0 Å². The van der Waals surface area contributed by atoms with Crippen LogP contribution in [-0.4, -0.2) is 10.2 Å². The second kappa shape index (κ2) is 2.50. The third-order valence-electron chi connectivity index (χ3n) is 3.09. The van der Waals surface area contributed by atoms with E-state index in [-0.39, 0.29) is 0 Å². The zero-order valence-electron chi connectivity index (χ0n) is 8.52. The maximum atomic E-state index is 5.68. The second-order valence-corrected chi connectivity index (χ2v) is 4.92. The van der Waals surface area contributed by atoms with Crippen molar-refractivity contribution in [2.24, 2.45) is 5.41 Å². The molecule has 1 fully saturated rings. The number of anilines is 1. The van der Waals surface area contributed by atoms with Gasteiger partial charge in [0.15, 0.2) is 0 Å². The van der Waals surface area contributed by atoms with E-state index in [9.17, 15) is 0 Å². The minimum atomic E-state index is 0.511. The molecule has 1 heterocycles. The van der Waals surface area contributed by atoms with Crippen molar-refractivity contribution in [3.05, 3.63) is 11.3 Å². The van der Waals surface area contributed by atoms with E-state index in [2.05, 4.69) is 24.0 Å². The van der Waals surface area contributed by atoms with Gasteiger partial charge in [-0.1, -0.05) is 13.8 Å². The summed E-state index contributed by atoms with van der Waals surface area (Å²) in [7, 11) is 0. The molecule has 3 heteroatoms. The Kier molecular flexibility index (Phi) is 1.65. The Hall–Kier alpha value is -0.990. The van der Waals surface area contributed by atoms with E-state index in [0.29, 0.717) is 17.2 Å². The molecule has 72 valence electrons. The van der Waals surface area contributed by atoms with Gasteiger partial charge in [0.2, 0.25) is 0 Å². The summed E-state index contributed by atoms with van der Waals surface area (Å²) in [6.45, 7) is 6.65. The van der Waals surface area contributed by atoms with Crippen LogP contribution in [0.5, 0.6) is 0 Å². The van der Waals surface area contributed by atoms with E-state index in [1.807, 2.05) is 6.92 Å². The van der Waals surface area contributed by atoms with Gasteiger partial charge >= 0.3 is 0 Å². The quantitative estimate of drug-likeness (QED) is 0.694. The molecule has 13 heavy (non-hydrogen) atoms. The zero-order valence-corrected chi connectivity index (χ0v) is 8.52. The van der Waals surface area contributed by atoms with Gasteiger partial charge in [-0.2, -0.15) is 5.10 Å². The Morgan fingerprint density at radius 1 is 1.46 bits per heavy atom. The third kappa shape index (κ3) is 1.32. The lowest BCUT2D eigenvalue weighted by Crippen LogP contribution is -2.30. The Morgan fingerprint density at radius 3 is 2.46 bits per heavy atom. The van der Waals surface area contributed by atoms with Crippen molar-refractivity contribution in [2.75, 3.05) is 5.73 Å². The molecule has 1 aliphatic rings. The summed E-state index contributed by atoms with van der Waals surface area (Å²) in [5, 5.41) is 7.06. The molecule has 1 aliphatic carbocycles. The number of hydrogen-bond donors (Lipinski definition) is 2. The number of nitrogens with zero attached hydrogens (tertiary/aromatic N) is 1. The lowest BCUT2D eigenvalue weighted by molar-refractivity contribution is 0.148. The smallest absolute Gasteiger partial charge is 0.148 e. The molecule has 1 aromatic rings. The van der Waals surface area contributed by atoms with Crippen molar-refractivity contribution in [3.8, 4) is 0 Å². The van der Waals surface area contributed by atoms with Gasteiger partial charge in [0.05, 0.1) is 0 Å². The van der Waals surface area contributed by atoms with Crippen LogP contribution in [0.2, 0.25) is 0 Å². The summed E-state index contributed by atoms with van der Waals surface area (Å²) in [6.07, 6.45) is 2.49. The van der Waals surface area contributed by atoms with Crippen molar-refractivity contribution < 1.29 is 0 Å². The number of aromatic nitrogens is 2. The fourth-order valence-electron chi connectivity index (χ4n) is 2.30. The van der Waals surface area contributed by atoms with Crippen LogP contribution in [0.3, 0.4) is 0 Å². The van der Waals surface area contributed by atoms with Crippen LogP contribution in [0.1, 0.15) is 43.9 Å². The van der Waals surface area contributed by atoms with Crippen LogP contribution in [0.4, 0.5) is 5.82 Å². The van der Waals surface area contributed by atoms with E-state index in [1.165, 1.54) is 18.5 Å². The first-order valence-electron chi connectivity index (χ1n) is 4.80. The monoisotopic (exact) mass is 179 g/mol. The Balaban J connectivity index is 2.16. The van der Waals surface area contributed by atoms with Crippen molar-refractivity contribution in [2.45, 2.75) is 39.5 Å². The van der Waals surface area contributed by atoms with E-state index in [4.69, 9.17) is 5.73 Å². The molecule has 0 radical (unpaired) electrons. The van der Waals surface area contributed by atoms with Gasteiger partial charge in [-0.05, 0) is 25.2 Å². The van der Waals surface area contributed by atoms with Crippen LogP contribution in [0.15, 0.2) is 0 Å². The molecule has 0 aromatic carbocycles. The van der Waals surface area contributed by atoms with Gasteiger partial charge in [0.25, 0.3) is 0 Å². The van der Waals surface area contributed by atoms with Gasteiger partial charge in [-0.15, -0.1) is 0 Å². The summed E-state index contributed by atoms with van der Waals surface area (Å²) < 4.78 is 0. The van der Waals surface area contributed by atoms with E-state index >= 15 is 0 Å². The fourth-order valence-corrected chi connectivity index (χ4v) is 2.30. The maximum Gasteiger partial charge on any atom is 0.148 e. The third-order valence-corrected chi connectivity index (χ3v) is 3.09. The first kappa shape index (κ1) is 8.60. The van der Waals surface area contributed by atoms with Crippen LogP contribution in [0.25, 0.3) is 0 Å². The summed E-state index contributed by atoms with van der Waals surface area (Å²) in [5.41, 5.74) is 8.58. The molecule has 0 atom stereocenters. The summed E-state index contributed by atoms with van der Waals surface area (Å²) in [5.74, 6) is 1.31. The van der Waals surface area contributed by atoms with Crippen molar-refractivity contribution in [1.82, 2.24) is 10.2 Å². The van der Waals surface area contributed by atoms with Crippen molar-refractivity contribution in [1.29, 1.82) is 0 Å². The molecule has 3 nitrogen and oxygen atoms in total. The number of H-pyrrole nitrogens is 1. The first-order chi connectivity index (χ1) is 5.99. The molecule has 0 aliphatic heterocycles. The summed E-state index contributed by atoms with van der Waals surface area (Å²) >= 11 is 0. The topological polar surface area (TPSA) is 54.7 Å². The van der Waals surface area contributed by atoms with Gasteiger partial charge in [-0.25, -0.2) is 0 Å². The summed E-state index contributed by atoms with van der Waals surface area (Å²) in [4.78, 5) is 0. The van der Waals surface area contributed by atoms with Crippen LogP contribution >= 0.6 is 0 Å². The number of nitrogens with two attached hydrogens (primary N) is 1. The van der Waals surface area contributed by atoms with Crippen molar-refractivity contribution in [3.63, 3.8) is 0 Å². The first-order valence-corrected chi connectivity index (χ1v) is 4.80. The summed E-state index contributed by atoms with van der Waals surface area (Å²) in [6, 6.07) is 0. The number of nitrogens with one attached hydrogen (secondary N) is 1. The molecular weight excluding hydrogens is 162 g/mol. The van der Waals surface area contributed by atoms with E-state index < -0.39 is 0 Å². The fraction of sp³-hybridized carbons (Fsp3) is 0.700. The normalized spacial score (nSPS) is 21.5. The predicted molar refractivity (Wildman–Crippen MR) is 53.5 cm³/mol. The predicted octanol–water partition coefficient (Wildman–Crippen LogP) is 2.20. The Bertz CT molecular complexity index is 317. The number of nitrogen functional groups attached to an aromatic ring is 1. The lowest BCUT2D eigenvalue weighted by atomic mass is 9.63. The van der Waals surface area contributed by atoms with E-state index in [0.717, 1.165) is 5.56 Å². The average molecular weight is 179 g/mol. The number of rotatable bonds is 1. The maximum absolute atomic E-state index is 5.68. The largest absolute Gasteiger partial charge is 0.382 e. The molecule has 3 N–H and O–H groups in total. The highest BCUT2D eigenvalue weighted by Crippen LogP contribution is 2.50. The number of aromatic amines is 1. The SMILES string of the molecule is Cc1c(N)n[nH]c1C1CC(C)(C)C1. The van der Waals surface area contributed by atoms with Gasteiger partial charge in [0, 0.05) is 17.2 Å². The van der Waals surface area contributed by atoms with Crippen LogP contribution < -0.4 is 5.73 Å². The Labute approximate surface area is 78.7 Å². The molecule has 2 rings (SSSR count). The molecule has 0 unspecified atom stereocenters.